The molecule has 0 aromatic heterocycles. The molecule has 4 rings (SSSR count). The zero-order valence-corrected chi connectivity index (χ0v) is 25.5. The number of hydrogen-bond acceptors (Lipinski definition) is 10. The molecule has 1 aliphatic heterocycles. The van der Waals surface area contributed by atoms with Gasteiger partial charge in [0.05, 0.1) is 40.3 Å². The number of aliphatic hydroxyl groups excluding tert-OH is 1. The second kappa shape index (κ2) is 13.5. The van der Waals surface area contributed by atoms with Crippen molar-refractivity contribution in [3.8, 4) is 0 Å². The van der Waals surface area contributed by atoms with E-state index in [1.165, 1.54) is 0 Å². The molecule has 2 aliphatic rings. The second-order valence-electron chi connectivity index (χ2n) is 10.9. The Labute approximate surface area is 250 Å². The lowest BCUT2D eigenvalue weighted by Crippen LogP contribution is -2.28. The van der Waals surface area contributed by atoms with Crippen LogP contribution in [-0.4, -0.2) is 53.7 Å². The largest absolute Gasteiger partial charge is 0.506 e. The van der Waals surface area contributed by atoms with Crippen LogP contribution in [0.3, 0.4) is 0 Å². The fraction of sp³-hybridized carbons (Fsp3) is 0.400. The summed E-state index contributed by atoms with van der Waals surface area (Å²) >= 11 is 0.852. The van der Waals surface area contributed by atoms with E-state index in [0.29, 0.717) is 29.1 Å². The zero-order chi connectivity index (χ0) is 30.5. The number of aliphatic imine (C=N–C) groups is 1. The minimum absolute atomic E-state index is 0.0866. The number of hydrogen-bond donors (Lipinski definition) is 3. The van der Waals surface area contributed by atoms with E-state index in [9.17, 15) is 18.3 Å². The molecule has 0 amide bonds. The van der Waals surface area contributed by atoms with Crippen LogP contribution in [0.25, 0.3) is 5.57 Å². The Balaban J connectivity index is 1.50. The van der Waals surface area contributed by atoms with E-state index >= 15 is 0 Å². The van der Waals surface area contributed by atoms with Crippen molar-refractivity contribution in [1.29, 1.82) is 0 Å². The van der Waals surface area contributed by atoms with Gasteiger partial charge < -0.3 is 10.0 Å². The molecule has 0 saturated heterocycles. The Bertz CT molecular complexity index is 1510. The first-order chi connectivity index (χ1) is 20.0. The summed E-state index contributed by atoms with van der Waals surface area (Å²) in [5.74, 6) is -0.665. The van der Waals surface area contributed by atoms with Crippen molar-refractivity contribution in [2.45, 2.75) is 63.2 Å². The van der Waals surface area contributed by atoms with Crippen LogP contribution in [0.2, 0.25) is 0 Å². The maximum Gasteiger partial charge on any atom is 0.264 e. The first-order valence-corrected chi connectivity index (χ1v) is 16.2. The van der Waals surface area contributed by atoms with E-state index in [2.05, 4.69) is 26.2 Å². The summed E-state index contributed by atoms with van der Waals surface area (Å²) in [5.41, 5.74) is 3.63. The summed E-state index contributed by atoms with van der Waals surface area (Å²) in [6.45, 7) is 7.29. The lowest BCUT2D eigenvalue weighted by Gasteiger charge is -2.27. The third kappa shape index (κ3) is 7.31. The van der Waals surface area contributed by atoms with Crippen molar-refractivity contribution in [3.63, 3.8) is 0 Å². The van der Waals surface area contributed by atoms with Gasteiger partial charge in [-0.2, -0.15) is 8.42 Å². The summed E-state index contributed by atoms with van der Waals surface area (Å²) in [7, 11) is -4.03. The second-order valence-corrected chi connectivity index (χ2v) is 13.2. The number of fused-ring (bicyclic) bond motifs is 1. The highest BCUT2D eigenvalue weighted by Gasteiger charge is 2.39. The van der Waals surface area contributed by atoms with Gasteiger partial charge in [0.15, 0.2) is 0 Å². The van der Waals surface area contributed by atoms with E-state index in [1.54, 1.807) is 24.3 Å². The Morgan fingerprint density at radius 3 is 2.40 bits per heavy atom. The molecule has 0 radical (unpaired) electrons. The average molecular weight is 617 g/mol. The van der Waals surface area contributed by atoms with Crippen LogP contribution in [0.15, 0.2) is 69.8 Å². The molecule has 1 heterocycles. The summed E-state index contributed by atoms with van der Waals surface area (Å²) < 4.78 is 36.0. The molecule has 10 nitrogen and oxygen atoms in total. The first kappa shape index (κ1) is 31.9. The summed E-state index contributed by atoms with van der Waals surface area (Å²) in [4.78, 5) is 20.7. The van der Waals surface area contributed by atoms with Crippen LogP contribution in [0, 0.1) is 0 Å². The monoisotopic (exact) mass is 616 g/mol. The van der Waals surface area contributed by atoms with Gasteiger partial charge in [-0.25, -0.2) is 5.26 Å². The number of anilines is 1. The van der Waals surface area contributed by atoms with Gasteiger partial charge in [0.2, 0.25) is 5.78 Å². The maximum absolute atomic E-state index is 13.2. The Morgan fingerprint density at radius 1 is 1.05 bits per heavy atom. The van der Waals surface area contributed by atoms with Crippen molar-refractivity contribution >= 4 is 50.6 Å². The molecule has 0 atom stereocenters. The van der Waals surface area contributed by atoms with E-state index in [-0.39, 0.29) is 28.4 Å². The quantitative estimate of drug-likeness (QED) is 0.0498. The molecule has 0 fully saturated rings. The predicted octanol–water partition coefficient (Wildman–Crippen LogP) is 6.62. The molecule has 0 unspecified atom stereocenters. The highest BCUT2D eigenvalue weighted by molar-refractivity contribution is 7.94. The first-order valence-electron chi connectivity index (χ1n) is 13.8. The Kier molecular flexibility index (Phi) is 10.3. The van der Waals surface area contributed by atoms with Crippen molar-refractivity contribution in [3.05, 3.63) is 71.0 Å². The van der Waals surface area contributed by atoms with Gasteiger partial charge in [0.1, 0.15) is 5.76 Å². The number of nitrogens with zero attached hydrogens (tertiary/aromatic N) is 2. The third-order valence-electron chi connectivity index (χ3n) is 7.56. The van der Waals surface area contributed by atoms with Gasteiger partial charge >= 0.3 is 0 Å². The number of unbranched alkanes of at least 4 members (excludes halogenated alkanes) is 3. The standard InChI is InChI=1S/C30H36N2O8S2/c1-4-5-6-7-15-32(16-8-17-42(36,37)38)21-11-9-20(10-12-21)27-28(33)23(29(27)34)19-26-30(2,3)24-18-22(41-40-39-35)13-14-25(24)31-26/h9-14,18-19,33,35H,4-8,15-17H2,1-3H3,(H,36,37,38)/b23-19+. The fourth-order valence-corrected chi connectivity index (χ4v) is 6.07. The summed E-state index contributed by atoms with van der Waals surface area (Å²) in [6.07, 6.45) is 6.16. The van der Waals surface area contributed by atoms with Crippen LogP contribution in [0.5, 0.6) is 0 Å². The van der Waals surface area contributed by atoms with Gasteiger partial charge in [-0.1, -0.05) is 57.2 Å². The smallest absolute Gasteiger partial charge is 0.264 e. The average Bonchev–Trinajstić information content (AvgIpc) is 3.20. The van der Waals surface area contributed by atoms with Crippen molar-refractivity contribution in [2.24, 2.45) is 4.99 Å². The normalized spacial score (nSPS) is 16.9. The number of allylic oxidation sites excluding steroid dienone is 3. The fourth-order valence-electron chi connectivity index (χ4n) is 5.18. The number of carbonyl (C=O) groups excluding carboxylic acids is 1. The van der Waals surface area contributed by atoms with E-state index in [1.807, 2.05) is 38.1 Å². The van der Waals surface area contributed by atoms with E-state index in [0.717, 1.165) is 61.2 Å². The van der Waals surface area contributed by atoms with Crippen molar-refractivity contribution in [1.82, 2.24) is 0 Å². The number of carbonyl (C=O) groups is 1. The van der Waals surface area contributed by atoms with Crippen LogP contribution in [0.4, 0.5) is 11.4 Å². The minimum Gasteiger partial charge on any atom is -0.506 e. The van der Waals surface area contributed by atoms with Gasteiger partial charge in [0.25, 0.3) is 10.1 Å². The molecule has 3 N–H and O–H groups in total. The molecule has 226 valence electrons. The van der Waals surface area contributed by atoms with Crippen LogP contribution >= 0.6 is 12.0 Å². The lowest BCUT2D eigenvalue weighted by atomic mass is 9.77. The molecule has 0 bridgehead atoms. The van der Waals surface area contributed by atoms with Crippen molar-refractivity contribution < 1.29 is 37.5 Å². The molecule has 2 aromatic rings. The number of ketones is 1. The Hall–Kier alpha value is -3.00. The van der Waals surface area contributed by atoms with E-state index < -0.39 is 15.5 Å². The van der Waals surface area contributed by atoms with Gasteiger partial charge in [0, 0.05) is 29.1 Å². The van der Waals surface area contributed by atoms with Crippen LogP contribution in [0.1, 0.15) is 64.0 Å². The topological polar surface area (TPSA) is 146 Å². The van der Waals surface area contributed by atoms with E-state index in [4.69, 9.17) is 9.81 Å². The molecule has 0 saturated carbocycles. The molecule has 0 spiro atoms. The van der Waals surface area contributed by atoms with Gasteiger partial charge in [-0.3, -0.25) is 14.3 Å². The highest BCUT2D eigenvalue weighted by Crippen LogP contribution is 2.44. The van der Waals surface area contributed by atoms with Crippen LogP contribution < -0.4 is 4.90 Å². The van der Waals surface area contributed by atoms with Crippen molar-refractivity contribution in [2.75, 3.05) is 23.7 Å². The molecular weight excluding hydrogens is 580 g/mol. The molecule has 2 aromatic carbocycles. The predicted molar refractivity (Wildman–Crippen MR) is 164 cm³/mol. The Morgan fingerprint density at radius 2 is 1.76 bits per heavy atom. The molecular formula is C30H36N2O8S2. The number of benzene rings is 2. The lowest BCUT2D eigenvalue weighted by molar-refractivity contribution is -0.432. The number of aliphatic hydroxyl groups is 1. The van der Waals surface area contributed by atoms with Gasteiger partial charge in [-0.15, -0.1) is 4.33 Å². The third-order valence-corrected chi connectivity index (χ3v) is 8.94. The summed E-state index contributed by atoms with van der Waals surface area (Å²) in [5, 5.41) is 23.0. The molecule has 1 aliphatic carbocycles. The number of rotatable bonds is 15. The van der Waals surface area contributed by atoms with Gasteiger partial charge in [-0.05, 0) is 60.4 Å². The molecule has 12 heteroatoms. The SMILES string of the molecule is CCCCCCN(CCCS(=O)(=O)O)c1ccc(C2=C(O)/C(=C\C3=Nc4ccc(SOOO)cc4C3(C)C)C2=O)cc1. The highest BCUT2D eigenvalue weighted by atomic mass is 32.2. The molecule has 42 heavy (non-hydrogen) atoms. The maximum atomic E-state index is 13.2. The minimum atomic E-state index is -4.03. The van der Waals surface area contributed by atoms with Crippen LogP contribution in [-0.2, 0) is 29.7 Å². The number of Topliss-reactive ketones (excluding diaryl/α,β-unsaturated/α-hetero) is 1. The zero-order valence-electron chi connectivity index (χ0n) is 23.9. The summed E-state index contributed by atoms with van der Waals surface area (Å²) in [6, 6.07) is 12.7.